The molecule has 0 bridgehead atoms. The zero-order valence-corrected chi connectivity index (χ0v) is 14.2. The number of para-hydroxylation sites is 1. The summed E-state index contributed by atoms with van der Waals surface area (Å²) in [5.41, 5.74) is 4.67. The molecule has 0 saturated carbocycles. The highest BCUT2D eigenvalue weighted by atomic mass is 79.9. The van der Waals surface area contributed by atoms with Crippen molar-refractivity contribution < 1.29 is 0 Å². The Morgan fingerprint density at radius 2 is 1.91 bits per heavy atom. The number of hydrogen-bond acceptors (Lipinski definition) is 2. The largest absolute Gasteiger partial charge is 0.317 e. The Kier molecular flexibility index (Phi) is 4.34. The summed E-state index contributed by atoms with van der Waals surface area (Å²) >= 11 is 6.43. The second-order valence-corrected chi connectivity index (χ2v) is 5.55. The molecule has 22 heavy (non-hydrogen) atoms. The van der Waals surface area contributed by atoms with Gasteiger partial charge < -0.3 is 9.88 Å². The van der Waals surface area contributed by atoms with E-state index in [0.717, 1.165) is 17.3 Å². The van der Waals surface area contributed by atoms with E-state index >= 15 is 0 Å². The quantitative estimate of drug-likeness (QED) is 0.686. The maximum absolute atomic E-state index is 6.43. The van der Waals surface area contributed by atoms with Gasteiger partial charge in [0.2, 0.25) is 0 Å². The van der Waals surface area contributed by atoms with E-state index in [1.54, 1.807) is 0 Å². The van der Waals surface area contributed by atoms with Crippen molar-refractivity contribution in [2.45, 2.75) is 12.6 Å². The molecule has 1 atom stereocenters. The van der Waals surface area contributed by atoms with Crippen LogP contribution in [0.2, 0.25) is 5.02 Å². The lowest BCUT2D eigenvalue weighted by Gasteiger charge is -2.17. The van der Waals surface area contributed by atoms with Crippen molar-refractivity contribution in [3.8, 4) is 5.69 Å². The summed E-state index contributed by atoms with van der Waals surface area (Å²) in [5.74, 6) is 0. The molecule has 0 amide bonds. The standard InChI is InChI=1S/C17H14ClN3.BrH/c18-14-4-1-3-13-11-20-16(12-6-8-19-9-7-12)15-5-2-10-21(15)17(13)14;/h1-10,16,20H,11H2;1H. The fourth-order valence-corrected chi connectivity index (χ4v) is 3.25. The first kappa shape index (κ1) is 15.3. The Morgan fingerprint density at radius 3 is 2.73 bits per heavy atom. The molecule has 0 fully saturated rings. The van der Waals surface area contributed by atoms with E-state index in [1.807, 2.05) is 36.7 Å². The van der Waals surface area contributed by atoms with Crippen LogP contribution in [0, 0.1) is 0 Å². The lowest BCUT2D eigenvalue weighted by molar-refractivity contribution is 0.600. The van der Waals surface area contributed by atoms with Gasteiger partial charge in [-0.1, -0.05) is 23.7 Å². The summed E-state index contributed by atoms with van der Waals surface area (Å²) < 4.78 is 2.18. The first-order valence-corrected chi connectivity index (χ1v) is 7.31. The fraction of sp³-hybridized carbons (Fsp3) is 0.118. The first-order chi connectivity index (χ1) is 10.3. The lowest BCUT2D eigenvalue weighted by atomic mass is 10.1. The van der Waals surface area contributed by atoms with Gasteiger partial charge in [-0.05, 0) is 41.5 Å². The van der Waals surface area contributed by atoms with Crippen LogP contribution in [0.4, 0.5) is 0 Å². The Balaban J connectivity index is 0.00000144. The topological polar surface area (TPSA) is 29.9 Å². The van der Waals surface area contributed by atoms with Crippen molar-refractivity contribution in [1.82, 2.24) is 14.9 Å². The molecular weight excluding hydrogens is 362 g/mol. The summed E-state index contributed by atoms with van der Waals surface area (Å²) in [6.07, 6.45) is 5.73. The van der Waals surface area contributed by atoms with E-state index < -0.39 is 0 Å². The number of hydrogen-bond donors (Lipinski definition) is 1. The smallest absolute Gasteiger partial charge is 0.0738 e. The minimum atomic E-state index is 0. The number of benzene rings is 1. The third-order valence-corrected chi connectivity index (χ3v) is 4.23. The predicted octanol–water partition coefficient (Wildman–Crippen LogP) is 4.30. The summed E-state index contributed by atoms with van der Waals surface area (Å²) in [6.45, 7) is 0.782. The summed E-state index contributed by atoms with van der Waals surface area (Å²) in [5, 5.41) is 4.40. The number of pyridine rings is 1. The van der Waals surface area contributed by atoms with Crippen molar-refractivity contribution in [3.63, 3.8) is 0 Å². The Morgan fingerprint density at radius 1 is 1.09 bits per heavy atom. The number of fused-ring (bicyclic) bond motifs is 3. The van der Waals surface area contributed by atoms with Gasteiger partial charge in [-0.15, -0.1) is 17.0 Å². The highest BCUT2D eigenvalue weighted by Gasteiger charge is 2.23. The average molecular weight is 377 g/mol. The molecule has 3 heterocycles. The van der Waals surface area contributed by atoms with Crippen LogP contribution in [-0.2, 0) is 6.54 Å². The molecule has 3 aromatic rings. The van der Waals surface area contributed by atoms with Crippen LogP contribution < -0.4 is 5.32 Å². The zero-order chi connectivity index (χ0) is 14.2. The maximum Gasteiger partial charge on any atom is 0.0738 e. The molecule has 0 saturated heterocycles. The fourth-order valence-electron chi connectivity index (χ4n) is 2.97. The van der Waals surface area contributed by atoms with Gasteiger partial charge in [0.25, 0.3) is 0 Å². The number of nitrogens with one attached hydrogen (secondary N) is 1. The molecule has 3 nitrogen and oxygen atoms in total. The maximum atomic E-state index is 6.43. The summed E-state index contributed by atoms with van der Waals surface area (Å²) in [4.78, 5) is 4.11. The van der Waals surface area contributed by atoms with Crippen molar-refractivity contribution in [2.24, 2.45) is 0 Å². The third kappa shape index (κ3) is 2.47. The number of aromatic nitrogens is 2. The first-order valence-electron chi connectivity index (χ1n) is 6.93. The second-order valence-electron chi connectivity index (χ2n) is 5.15. The van der Waals surface area contributed by atoms with Crippen molar-refractivity contribution in [1.29, 1.82) is 0 Å². The van der Waals surface area contributed by atoms with Crippen LogP contribution in [0.1, 0.15) is 22.9 Å². The SMILES string of the molecule is Br.Clc1cccc2c1-n1cccc1C(c1ccncc1)NC2. The van der Waals surface area contributed by atoms with Crippen molar-refractivity contribution in [3.05, 3.63) is 82.9 Å². The van der Waals surface area contributed by atoms with Gasteiger partial charge in [0.05, 0.1) is 16.8 Å². The van der Waals surface area contributed by atoms with Crippen LogP contribution >= 0.6 is 28.6 Å². The monoisotopic (exact) mass is 375 g/mol. The van der Waals surface area contributed by atoms with Crippen LogP contribution in [0.15, 0.2) is 61.1 Å². The van der Waals surface area contributed by atoms with Gasteiger partial charge in [-0.25, -0.2) is 0 Å². The van der Waals surface area contributed by atoms with Gasteiger partial charge in [-0.3, -0.25) is 4.98 Å². The van der Waals surface area contributed by atoms with E-state index in [1.165, 1.54) is 16.8 Å². The molecule has 1 aliphatic heterocycles. The molecular formula is C17H15BrClN3. The van der Waals surface area contributed by atoms with Gasteiger partial charge in [-0.2, -0.15) is 0 Å². The minimum absolute atomic E-state index is 0. The molecule has 112 valence electrons. The highest BCUT2D eigenvalue weighted by Crippen LogP contribution is 2.33. The van der Waals surface area contributed by atoms with E-state index in [2.05, 4.69) is 39.3 Å². The average Bonchev–Trinajstić information content (AvgIpc) is 2.92. The molecule has 0 radical (unpaired) electrons. The van der Waals surface area contributed by atoms with Gasteiger partial charge in [0.1, 0.15) is 0 Å². The number of rotatable bonds is 1. The van der Waals surface area contributed by atoms with Gasteiger partial charge in [0, 0.05) is 30.8 Å². The highest BCUT2D eigenvalue weighted by molar-refractivity contribution is 8.93. The van der Waals surface area contributed by atoms with E-state index in [0.29, 0.717) is 0 Å². The van der Waals surface area contributed by atoms with Crippen LogP contribution in [0.5, 0.6) is 0 Å². The predicted molar refractivity (Wildman–Crippen MR) is 94.0 cm³/mol. The van der Waals surface area contributed by atoms with Gasteiger partial charge in [0.15, 0.2) is 0 Å². The lowest BCUT2D eigenvalue weighted by Crippen LogP contribution is -2.21. The Bertz CT molecular complexity index is 786. The minimum Gasteiger partial charge on any atom is -0.317 e. The molecule has 0 aliphatic carbocycles. The molecule has 1 N–H and O–H groups in total. The normalized spacial score (nSPS) is 16.1. The third-order valence-electron chi connectivity index (χ3n) is 3.92. The Labute approximate surface area is 144 Å². The molecule has 4 rings (SSSR count). The summed E-state index contributed by atoms with van der Waals surface area (Å²) in [7, 11) is 0. The molecule has 0 spiro atoms. The number of nitrogens with zero attached hydrogens (tertiary/aromatic N) is 2. The van der Waals surface area contributed by atoms with E-state index in [-0.39, 0.29) is 23.0 Å². The van der Waals surface area contributed by atoms with Crippen LogP contribution in [0.25, 0.3) is 5.69 Å². The van der Waals surface area contributed by atoms with Crippen molar-refractivity contribution in [2.75, 3.05) is 0 Å². The molecule has 5 heteroatoms. The Hall–Kier alpha value is -1.62. The van der Waals surface area contributed by atoms with Crippen molar-refractivity contribution >= 4 is 28.6 Å². The van der Waals surface area contributed by atoms with E-state index in [9.17, 15) is 0 Å². The number of halogens is 2. The zero-order valence-electron chi connectivity index (χ0n) is 11.7. The molecule has 1 aromatic carbocycles. The molecule has 1 unspecified atom stereocenters. The van der Waals surface area contributed by atoms with Gasteiger partial charge >= 0.3 is 0 Å². The second kappa shape index (κ2) is 6.24. The van der Waals surface area contributed by atoms with E-state index in [4.69, 9.17) is 11.6 Å². The molecule has 1 aliphatic rings. The van der Waals surface area contributed by atoms with Crippen LogP contribution in [-0.4, -0.2) is 9.55 Å². The van der Waals surface area contributed by atoms with Crippen LogP contribution in [0.3, 0.4) is 0 Å². The summed E-state index contributed by atoms with van der Waals surface area (Å²) in [6, 6.07) is 14.5. The molecule has 2 aromatic heterocycles.